The van der Waals surface area contributed by atoms with Crippen molar-refractivity contribution in [2.24, 2.45) is 5.92 Å². The number of carbonyl (C=O) groups is 1. The van der Waals surface area contributed by atoms with Gasteiger partial charge in [0, 0.05) is 5.88 Å². The average Bonchev–Trinajstić information content (AvgIpc) is 2.37. The lowest BCUT2D eigenvalue weighted by molar-refractivity contribution is 0.0599. The predicted molar refractivity (Wildman–Crippen MR) is 72.3 cm³/mol. The van der Waals surface area contributed by atoms with Crippen LogP contribution in [0.25, 0.3) is 0 Å². The maximum atomic E-state index is 12.1. The van der Waals surface area contributed by atoms with Crippen molar-refractivity contribution in [2.75, 3.05) is 18.7 Å². The largest absolute Gasteiger partial charge is 0.465 e. The van der Waals surface area contributed by atoms with Crippen LogP contribution in [0.3, 0.4) is 0 Å². The van der Waals surface area contributed by atoms with Crippen LogP contribution < -0.4 is 0 Å². The van der Waals surface area contributed by atoms with Gasteiger partial charge in [-0.05, 0) is 25.0 Å². The number of hydrogen-bond acceptors (Lipinski definition) is 5. The van der Waals surface area contributed by atoms with Gasteiger partial charge in [-0.25, -0.2) is 18.2 Å². The molecule has 0 saturated carbocycles. The van der Waals surface area contributed by atoms with Crippen LogP contribution in [-0.2, 0) is 14.6 Å². The van der Waals surface area contributed by atoms with Crippen LogP contribution in [0, 0.1) is 12.8 Å². The first kappa shape index (κ1) is 15.9. The zero-order valence-electron chi connectivity index (χ0n) is 11.0. The molecule has 0 bridgehead atoms. The highest BCUT2D eigenvalue weighted by Crippen LogP contribution is 2.16. The smallest absolute Gasteiger partial charge is 0.339 e. The van der Waals surface area contributed by atoms with Crippen molar-refractivity contribution in [3.63, 3.8) is 0 Å². The second kappa shape index (κ2) is 6.34. The molecule has 0 aliphatic rings. The van der Waals surface area contributed by atoms with Gasteiger partial charge in [0.2, 0.25) is 0 Å². The molecule has 1 aromatic rings. The molecule has 1 heterocycles. The van der Waals surface area contributed by atoms with Crippen LogP contribution in [0.15, 0.2) is 17.2 Å². The molecule has 7 heteroatoms. The molecule has 19 heavy (non-hydrogen) atoms. The third-order valence-electron chi connectivity index (χ3n) is 2.55. The van der Waals surface area contributed by atoms with Crippen LogP contribution in [0.1, 0.15) is 23.0 Å². The minimum atomic E-state index is -3.49. The number of esters is 1. The number of methoxy groups -OCH3 is 1. The molecule has 0 N–H and O–H groups in total. The van der Waals surface area contributed by atoms with Crippen molar-refractivity contribution in [1.29, 1.82) is 0 Å². The lowest BCUT2D eigenvalue weighted by Gasteiger charge is -2.10. The van der Waals surface area contributed by atoms with Crippen molar-refractivity contribution in [3.8, 4) is 0 Å². The highest BCUT2D eigenvalue weighted by molar-refractivity contribution is 7.91. The lowest BCUT2D eigenvalue weighted by Crippen LogP contribution is -2.17. The molecule has 0 radical (unpaired) electrons. The molecular formula is C12H16ClNO4S. The van der Waals surface area contributed by atoms with E-state index >= 15 is 0 Å². The summed E-state index contributed by atoms with van der Waals surface area (Å²) >= 11 is 5.62. The van der Waals surface area contributed by atoms with Gasteiger partial charge in [0.15, 0.2) is 14.9 Å². The number of ether oxygens (including phenoxy) is 1. The molecular weight excluding hydrogens is 290 g/mol. The van der Waals surface area contributed by atoms with Gasteiger partial charge in [-0.3, -0.25) is 0 Å². The van der Waals surface area contributed by atoms with E-state index in [4.69, 9.17) is 11.6 Å². The Bertz CT molecular complexity index is 571. The van der Waals surface area contributed by atoms with Crippen molar-refractivity contribution in [3.05, 3.63) is 23.4 Å². The highest BCUT2D eigenvalue weighted by Gasteiger charge is 2.21. The van der Waals surface area contributed by atoms with E-state index in [1.807, 2.05) is 0 Å². The van der Waals surface area contributed by atoms with E-state index in [0.717, 1.165) is 0 Å². The number of pyridine rings is 1. The molecule has 0 aromatic carbocycles. The molecule has 0 aliphatic carbocycles. The zero-order chi connectivity index (χ0) is 14.6. The third kappa shape index (κ3) is 3.91. The van der Waals surface area contributed by atoms with E-state index in [1.165, 1.54) is 19.2 Å². The fourth-order valence-electron chi connectivity index (χ4n) is 1.54. The highest BCUT2D eigenvalue weighted by atomic mass is 35.5. The molecule has 1 aromatic heterocycles. The Morgan fingerprint density at radius 2 is 2.11 bits per heavy atom. The fraction of sp³-hybridized carbons (Fsp3) is 0.500. The first-order valence-corrected chi connectivity index (χ1v) is 7.85. The first-order valence-electron chi connectivity index (χ1n) is 5.66. The number of carbonyl (C=O) groups excluding carboxylic acids is 1. The number of halogens is 1. The predicted octanol–water partition coefficient (Wildman–Crippen LogP) is 1.83. The summed E-state index contributed by atoms with van der Waals surface area (Å²) in [6.07, 6.45) is 0. The molecule has 0 amide bonds. The summed E-state index contributed by atoms with van der Waals surface area (Å²) in [6, 6.07) is 2.72. The monoisotopic (exact) mass is 305 g/mol. The number of aryl methyl sites for hydroxylation is 1. The zero-order valence-corrected chi connectivity index (χ0v) is 12.6. The van der Waals surface area contributed by atoms with E-state index in [1.54, 1.807) is 13.8 Å². The van der Waals surface area contributed by atoms with E-state index in [2.05, 4.69) is 9.72 Å². The molecule has 106 valence electrons. The number of aromatic nitrogens is 1. The van der Waals surface area contributed by atoms with E-state index < -0.39 is 15.8 Å². The number of sulfone groups is 1. The Kier molecular flexibility index (Phi) is 5.31. The summed E-state index contributed by atoms with van der Waals surface area (Å²) in [5.74, 6) is -0.504. The third-order valence-corrected chi connectivity index (χ3v) is 4.95. The van der Waals surface area contributed by atoms with Gasteiger partial charge in [0.25, 0.3) is 0 Å². The summed E-state index contributed by atoms with van der Waals surface area (Å²) < 4.78 is 28.7. The minimum absolute atomic E-state index is 0.0466. The van der Waals surface area contributed by atoms with Crippen molar-refractivity contribution < 1.29 is 17.9 Å². The fourth-order valence-corrected chi connectivity index (χ4v) is 3.37. The molecule has 1 rings (SSSR count). The summed E-state index contributed by atoms with van der Waals surface area (Å²) in [6.45, 7) is 3.32. The molecule has 5 nitrogen and oxygen atoms in total. The Morgan fingerprint density at radius 1 is 1.47 bits per heavy atom. The minimum Gasteiger partial charge on any atom is -0.465 e. The second-order valence-corrected chi connectivity index (χ2v) is 6.60. The van der Waals surface area contributed by atoms with E-state index in [9.17, 15) is 13.2 Å². The Labute approximate surface area is 117 Å². The van der Waals surface area contributed by atoms with Crippen LogP contribution >= 0.6 is 11.6 Å². The molecule has 1 unspecified atom stereocenters. The Balaban J connectivity index is 3.10. The molecule has 0 saturated heterocycles. The summed E-state index contributed by atoms with van der Waals surface area (Å²) in [4.78, 5) is 15.4. The maximum absolute atomic E-state index is 12.1. The number of rotatable bonds is 5. The first-order chi connectivity index (χ1) is 8.81. The Morgan fingerprint density at radius 3 is 2.58 bits per heavy atom. The van der Waals surface area contributed by atoms with Gasteiger partial charge in [-0.2, -0.15) is 0 Å². The van der Waals surface area contributed by atoms with Crippen molar-refractivity contribution in [1.82, 2.24) is 4.98 Å². The average molecular weight is 306 g/mol. The van der Waals surface area contributed by atoms with Gasteiger partial charge in [-0.1, -0.05) is 6.92 Å². The van der Waals surface area contributed by atoms with Gasteiger partial charge in [0.05, 0.1) is 24.1 Å². The van der Waals surface area contributed by atoms with Crippen LogP contribution in [0.2, 0.25) is 0 Å². The molecule has 0 fully saturated rings. The molecule has 0 aliphatic heterocycles. The SMILES string of the molecule is COC(=O)c1ccc(S(=O)(=O)CC(C)CCl)nc1C. The van der Waals surface area contributed by atoms with Gasteiger partial charge < -0.3 is 4.74 Å². The van der Waals surface area contributed by atoms with E-state index in [0.29, 0.717) is 5.69 Å². The van der Waals surface area contributed by atoms with Crippen LogP contribution in [0.4, 0.5) is 0 Å². The standard InChI is InChI=1S/C12H16ClNO4S/c1-8(6-13)7-19(16,17)11-5-4-10(9(2)14-11)12(15)18-3/h4-5,8H,6-7H2,1-3H3. The molecule has 0 spiro atoms. The molecule has 1 atom stereocenters. The lowest BCUT2D eigenvalue weighted by atomic mass is 10.2. The normalized spacial score (nSPS) is 13.1. The maximum Gasteiger partial charge on any atom is 0.339 e. The Hall–Kier alpha value is -1.14. The van der Waals surface area contributed by atoms with Crippen molar-refractivity contribution >= 4 is 27.4 Å². The van der Waals surface area contributed by atoms with Gasteiger partial charge in [0.1, 0.15) is 0 Å². The van der Waals surface area contributed by atoms with Crippen LogP contribution in [0.5, 0.6) is 0 Å². The van der Waals surface area contributed by atoms with Gasteiger partial charge in [-0.15, -0.1) is 11.6 Å². The summed E-state index contributed by atoms with van der Waals surface area (Å²) in [5, 5.41) is -0.0466. The topological polar surface area (TPSA) is 73.3 Å². The van der Waals surface area contributed by atoms with Crippen LogP contribution in [-0.4, -0.2) is 38.1 Å². The number of alkyl halides is 1. The van der Waals surface area contributed by atoms with Crippen molar-refractivity contribution in [2.45, 2.75) is 18.9 Å². The van der Waals surface area contributed by atoms with E-state index in [-0.39, 0.29) is 28.1 Å². The summed E-state index contributed by atoms with van der Waals surface area (Å²) in [7, 11) is -2.23. The number of hydrogen-bond donors (Lipinski definition) is 0. The van der Waals surface area contributed by atoms with Gasteiger partial charge >= 0.3 is 5.97 Å². The second-order valence-electron chi connectivity index (χ2n) is 4.31. The quantitative estimate of drug-likeness (QED) is 0.613. The number of nitrogens with zero attached hydrogens (tertiary/aromatic N) is 1. The summed E-state index contributed by atoms with van der Waals surface area (Å²) in [5.41, 5.74) is 0.582.